The quantitative estimate of drug-likeness (QED) is 0.588. The van der Waals surface area contributed by atoms with Gasteiger partial charge in [-0.2, -0.15) is 0 Å². The summed E-state index contributed by atoms with van der Waals surface area (Å²) in [5.74, 6) is 0.528. The molecule has 0 amide bonds. The van der Waals surface area contributed by atoms with E-state index in [1.807, 2.05) is 0 Å². The van der Waals surface area contributed by atoms with Crippen LogP contribution in [0.1, 0.15) is 12.8 Å². The molecule has 3 nitrogen and oxygen atoms in total. The second-order valence-corrected chi connectivity index (χ2v) is 2.89. The first-order valence-corrected chi connectivity index (χ1v) is 3.84. The SMILES string of the molecule is COCC(=O)C(OC)C1CC1. The normalized spacial score (nSPS) is 19.8. The van der Waals surface area contributed by atoms with Crippen LogP contribution in [0.3, 0.4) is 0 Å². The smallest absolute Gasteiger partial charge is 0.187 e. The van der Waals surface area contributed by atoms with Gasteiger partial charge in [0.1, 0.15) is 12.7 Å². The van der Waals surface area contributed by atoms with Gasteiger partial charge >= 0.3 is 0 Å². The lowest BCUT2D eigenvalue weighted by Crippen LogP contribution is -2.28. The van der Waals surface area contributed by atoms with Crippen molar-refractivity contribution >= 4 is 5.78 Å². The average Bonchev–Trinajstić information content (AvgIpc) is 2.73. The Hall–Kier alpha value is -0.410. The Morgan fingerprint density at radius 1 is 1.55 bits per heavy atom. The summed E-state index contributed by atoms with van der Waals surface area (Å²) >= 11 is 0. The monoisotopic (exact) mass is 158 g/mol. The third-order valence-corrected chi connectivity index (χ3v) is 1.91. The van der Waals surface area contributed by atoms with Crippen molar-refractivity contribution in [3.8, 4) is 0 Å². The largest absolute Gasteiger partial charge is 0.377 e. The molecule has 0 bridgehead atoms. The number of carbonyl (C=O) groups is 1. The summed E-state index contributed by atoms with van der Waals surface area (Å²) in [5.41, 5.74) is 0. The van der Waals surface area contributed by atoms with Crippen LogP contribution in [-0.4, -0.2) is 32.7 Å². The van der Waals surface area contributed by atoms with Gasteiger partial charge in [0.2, 0.25) is 0 Å². The lowest BCUT2D eigenvalue weighted by atomic mass is 10.1. The summed E-state index contributed by atoms with van der Waals surface area (Å²) in [4.78, 5) is 11.2. The van der Waals surface area contributed by atoms with Crippen LogP contribution >= 0.6 is 0 Å². The Labute approximate surface area is 66.7 Å². The van der Waals surface area contributed by atoms with E-state index in [4.69, 9.17) is 9.47 Å². The van der Waals surface area contributed by atoms with Crippen LogP contribution in [0, 0.1) is 5.92 Å². The minimum atomic E-state index is -0.213. The van der Waals surface area contributed by atoms with Crippen molar-refractivity contribution in [2.45, 2.75) is 18.9 Å². The molecule has 1 rings (SSSR count). The Balaban J connectivity index is 2.33. The summed E-state index contributed by atoms with van der Waals surface area (Å²) < 4.78 is 9.79. The molecule has 1 aliphatic rings. The van der Waals surface area contributed by atoms with E-state index in [1.165, 1.54) is 7.11 Å². The molecule has 3 heteroatoms. The molecule has 1 saturated carbocycles. The molecular weight excluding hydrogens is 144 g/mol. The second-order valence-electron chi connectivity index (χ2n) is 2.89. The van der Waals surface area contributed by atoms with Gasteiger partial charge in [-0.05, 0) is 18.8 Å². The van der Waals surface area contributed by atoms with Crippen molar-refractivity contribution in [1.82, 2.24) is 0 Å². The maximum atomic E-state index is 11.2. The molecule has 0 aliphatic heterocycles. The average molecular weight is 158 g/mol. The Bertz CT molecular complexity index is 140. The zero-order valence-electron chi connectivity index (χ0n) is 7.00. The predicted molar refractivity (Wildman–Crippen MR) is 40.4 cm³/mol. The van der Waals surface area contributed by atoms with E-state index in [9.17, 15) is 4.79 Å². The second kappa shape index (κ2) is 3.83. The molecule has 0 aromatic carbocycles. The van der Waals surface area contributed by atoms with E-state index < -0.39 is 0 Å². The van der Waals surface area contributed by atoms with Crippen molar-refractivity contribution in [2.24, 2.45) is 5.92 Å². The van der Waals surface area contributed by atoms with Crippen LogP contribution in [0.15, 0.2) is 0 Å². The molecule has 0 heterocycles. The van der Waals surface area contributed by atoms with Gasteiger partial charge < -0.3 is 9.47 Å². The molecule has 0 aromatic rings. The van der Waals surface area contributed by atoms with E-state index in [1.54, 1.807) is 7.11 Å². The van der Waals surface area contributed by atoms with Crippen LogP contribution in [-0.2, 0) is 14.3 Å². The standard InChI is InChI=1S/C8H14O3/c1-10-5-7(9)8(11-2)6-3-4-6/h6,8H,3-5H2,1-2H3. The molecule has 0 radical (unpaired) electrons. The van der Waals surface area contributed by atoms with Crippen molar-refractivity contribution in [2.75, 3.05) is 20.8 Å². The summed E-state index contributed by atoms with van der Waals surface area (Å²) in [7, 11) is 3.11. The molecule has 0 spiro atoms. The van der Waals surface area contributed by atoms with Gasteiger partial charge in [0, 0.05) is 14.2 Å². The van der Waals surface area contributed by atoms with Crippen LogP contribution in [0.5, 0.6) is 0 Å². The first-order chi connectivity index (χ1) is 5.29. The lowest BCUT2D eigenvalue weighted by Gasteiger charge is -2.11. The zero-order chi connectivity index (χ0) is 8.27. The molecule has 0 saturated heterocycles. The number of methoxy groups -OCH3 is 2. The molecule has 0 N–H and O–H groups in total. The van der Waals surface area contributed by atoms with E-state index in [-0.39, 0.29) is 18.5 Å². The molecule has 1 atom stereocenters. The number of Topliss-reactive ketones (excluding diaryl/α,β-unsaturated/α-hetero) is 1. The fraction of sp³-hybridized carbons (Fsp3) is 0.875. The fourth-order valence-electron chi connectivity index (χ4n) is 1.21. The highest BCUT2D eigenvalue weighted by atomic mass is 16.5. The van der Waals surface area contributed by atoms with Crippen LogP contribution in [0.2, 0.25) is 0 Å². The molecule has 1 aliphatic carbocycles. The van der Waals surface area contributed by atoms with Crippen molar-refractivity contribution in [3.63, 3.8) is 0 Å². The first-order valence-electron chi connectivity index (χ1n) is 3.84. The van der Waals surface area contributed by atoms with Crippen LogP contribution < -0.4 is 0 Å². The number of ether oxygens (including phenoxy) is 2. The first kappa shape index (κ1) is 8.68. The maximum Gasteiger partial charge on any atom is 0.187 e. The lowest BCUT2D eigenvalue weighted by molar-refractivity contribution is -0.133. The molecule has 1 unspecified atom stereocenters. The van der Waals surface area contributed by atoms with E-state index in [0.29, 0.717) is 5.92 Å². The van der Waals surface area contributed by atoms with Gasteiger partial charge in [0.25, 0.3) is 0 Å². The topological polar surface area (TPSA) is 35.5 Å². The summed E-state index contributed by atoms with van der Waals surface area (Å²) in [5, 5.41) is 0. The molecule has 0 aromatic heterocycles. The minimum absolute atomic E-state index is 0.0671. The van der Waals surface area contributed by atoms with E-state index in [2.05, 4.69) is 0 Å². The van der Waals surface area contributed by atoms with Crippen molar-refractivity contribution < 1.29 is 14.3 Å². The highest BCUT2D eigenvalue weighted by molar-refractivity contribution is 5.84. The van der Waals surface area contributed by atoms with Gasteiger partial charge in [-0.3, -0.25) is 4.79 Å². The Morgan fingerprint density at radius 3 is 2.55 bits per heavy atom. The highest BCUT2D eigenvalue weighted by Gasteiger charge is 2.35. The predicted octanol–water partition coefficient (Wildman–Crippen LogP) is 0.627. The van der Waals surface area contributed by atoms with Crippen LogP contribution in [0.25, 0.3) is 0 Å². The third kappa shape index (κ3) is 2.27. The van der Waals surface area contributed by atoms with Gasteiger partial charge in [0.15, 0.2) is 5.78 Å². The Morgan fingerprint density at radius 2 is 2.18 bits per heavy atom. The van der Waals surface area contributed by atoms with Crippen LogP contribution in [0.4, 0.5) is 0 Å². The van der Waals surface area contributed by atoms with E-state index in [0.717, 1.165) is 12.8 Å². The molecule has 64 valence electrons. The molecule has 1 fully saturated rings. The number of carbonyl (C=O) groups excluding carboxylic acids is 1. The number of ketones is 1. The molecular formula is C8H14O3. The number of rotatable bonds is 5. The molecule has 11 heavy (non-hydrogen) atoms. The van der Waals surface area contributed by atoms with Gasteiger partial charge in [-0.25, -0.2) is 0 Å². The zero-order valence-corrected chi connectivity index (χ0v) is 7.00. The number of hydrogen-bond acceptors (Lipinski definition) is 3. The summed E-state index contributed by atoms with van der Waals surface area (Å²) in [6.07, 6.45) is 2.03. The summed E-state index contributed by atoms with van der Waals surface area (Å²) in [6.45, 7) is 0.176. The van der Waals surface area contributed by atoms with E-state index >= 15 is 0 Å². The van der Waals surface area contributed by atoms with Crippen molar-refractivity contribution in [3.05, 3.63) is 0 Å². The Kier molecular flexibility index (Phi) is 3.02. The third-order valence-electron chi connectivity index (χ3n) is 1.91. The maximum absolute atomic E-state index is 11.2. The van der Waals surface area contributed by atoms with Gasteiger partial charge in [0.05, 0.1) is 0 Å². The minimum Gasteiger partial charge on any atom is -0.377 e. The van der Waals surface area contributed by atoms with Gasteiger partial charge in [-0.1, -0.05) is 0 Å². The summed E-state index contributed by atoms with van der Waals surface area (Å²) in [6, 6.07) is 0. The van der Waals surface area contributed by atoms with Crippen molar-refractivity contribution in [1.29, 1.82) is 0 Å². The fourth-order valence-corrected chi connectivity index (χ4v) is 1.21. The highest BCUT2D eigenvalue weighted by Crippen LogP contribution is 2.34. The van der Waals surface area contributed by atoms with Gasteiger partial charge in [-0.15, -0.1) is 0 Å². The number of hydrogen-bond donors (Lipinski definition) is 0.